The van der Waals surface area contributed by atoms with E-state index in [9.17, 15) is 0 Å². The van der Waals surface area contributed by atoms with Crippen molar-refractivity contribution in [2.24, 2.45) is 33.3 Å². The molecule has 324 valence electrons. The number of nitrogens with one attached hydrogen (secondary N) is 1. The highest BCUT2D eigenvalue weighted by molar-refractivity contribution is 7.79. The summed E-state index contributed by atoms with van der Waals surface area (Å²) in [7, 11) is 1.99. The lowest BCUT2D eigenvalue weighted by Gasteiger charge is -2.61. The van der Waals surface area contributed by atoms with E-state index in [1.165, 1.54) is 36.8 Å². The van der Waals surface area contributed by atoms with Crippen LogP contribution in [0.1, 0.15) is 165 Å². The Morgan fingerprint density at radius 1 is 0.893 bits per heavy atom. The monoisotopic (exact) mass is 796 g/mol. The second kappa shape index (κ2) is 27.5. The number of hydrogen-bond donors (Lipinski definition) is 3. The number of thiol groups is 1. The van der Waals surface area contributed by atoms with Crippen molar-refractivity contribution in [1.82, 2.24) is 10.2 Å². The zero-order valence-electron chi connectivity index (χ0n) is 39.5. The van der Waals surface area contributed by atoms with E-state index < -0.39 is 11.0 Å². The molecule has 0 aliphatic heterocycles. The number of benzene rings is 1. The number of unbranched alkanes of at least 4 members (excludes halogenated alkanes) is 2. The highest BCUT2D eigenvalue weighted by Crippen LogP contribution is 2.64. The molecule has 3 atom stereocenters. The number of rotatable bonds is 27. The first kappa shape index (κ1) is 55.9. The van der Waals surface area contributed by atoms with Gasteiger partial charge >= 0.3 is 0 Å². The van der Waals surface area contributed by atoms with Crippen molar-refractivity contribution in [1.29, 1.82) is 0 Å². The highest BCUT2D eigenvalue weighted by atomic mass is 32.1. The predicted octanol–water partition coefficient (Wildman–Crippen LogP) is 14.3. The van der Waals surface area contributed by atoms with Gasteiger partial charge in [-0.15, -0.1) is 19.7 Å². The normalized spacial score (nSPS) is 14.1. The molecule has 4 nitrogen and oxygen atoms in total. The summed E-state index contributed by atoms with van der Waals surface area (Å²) in [6.07, 6.45) is 15.6. The minimum Gasteiger partial charge on any atom is -0.498 e. The molecule has 1 rings (SSSR count). The number of nitrogens with zero attached hydrogens (tertiary/aromatic N) is 1. The number of likely N-dealkylation sites (N-methyl/N-ethyl adjacent to an activating group) is 1. The van der Waals surface area contributed by atoms with Crippen LogP contribution in [0.15, 0.2) is 86.8 Å². The summed E-state index contributed by atoms with van der Waals surface area (Å²) < 4.78 is 6.66. The third kappa shape index (κ3) is 16.9. The van der Waals surface area contributed by atoms with Crippen LogP contribution in [-0.2, 0) is 10.5 Å². The minimum atomic E-state index is -0.590. The minimum absolute atomic E-state index is 0.159. The molecule has 0 aliphatic carbocycles. The van der Waals surface area contributed by atoms with Crippen LogP contribution in [0.5, 0.6) is 0 Å². The second-order valence-electron chi connectivity index (χ2n) is 18.5. The maximum atomic E-state index is 7.21. The first-order chi connectivity index (χ1) is 26.0. The van der Waals surface area contributed by atoms with E-state index in [2.05, 4.69) is 163 Å². The van der Waals surface area contributed by atoms with E-state index in [0.717, 1.165) is 68.9 Å². The molecule has 0 aliphatic rings. The average Bonchev–Trinajstić information content (AvgIpc) is 3.14. The Bertz CT molecular complexity index is 1250. The summed E-state index contributed by atoms with van der Waals surface area (Å²) in [5, 5.41) is 3.27. The van der Waals surface area contributed by atoms with E-state index in [1.54, 1.807) is 6.08 Å². The molecule has 3 N–H and O–H groups in total. The van der Waals surface area contributed by atoms with Crippen molar-refractivity contribution in [2.75, 3.05) is 33.3 Å². The van der Waals surface area contributed by atoms with Gasteiger partial charge in [0.15, 0.2) is 0 Å². The average molecular weight is 796 g/mol. The van der Waals surface area contributed by atoms with Crippen LogP contribution in [0.25, 0.3) is 0 Å². The van der Waals surface area contributed by atoms with Crippen molar-refractivity contribution in [3.8, 4) is 0 Å². The van der Waals surface area contributed by atoms with Gasteiger partial charge in [0, 0.05) is 42.0 Å². The number of hydrogen-bond acceptors (Lipinski definition) is 5. The molecule has 56 heavy (non-hydrogen) atoms. The number of nitrogens with two attached hydrogens (primary N) is 1. The second-order valence-corrected chi connectivity index (χ2v) is 18.8. The van der Waals surface area contributed by atoms with Crippen LogP contribution in [0.3, 0.4) is 0 Å². The van der Waals surface area contributed by atoms with Crippen LogP contribution >= 0.6 is 12.6 Å². The summed E-state index contributed by atoms with van der Waals surface area (Å²) in [6.45, 7) is 53.2. The largest absolute Gasteiger partial charge is 0.498 e. The van der Waals surface area contributed by atoms with Gasteiger partial charge in [-0.05, 0) is 99.1 Å². The van der Waals surface area contributed by atoms with E-state index >= 15 is 0 Å². The Morgan fingerprint density at radius 2 is 1.45 bits per heavy atom. The molecular formula is C51H93N3OS. The fourth-order valence-corrected chi connectivity index (χ4v) is 7.98. The third-order valence-electron chi connectivity index (χ3n) is 13.3. The van der Waals surface area contributed by atoms with E-state index in [1.807, 2.05) is 26.1 Å². The van der Waals surface area contributed by atoms with Gasteiger partial charge in [-0.3, -0.25) is 0 Å². The van der Waals surface area contributed by atoms with Gasteiger partial charge in [0.2, 0.25) is 0 Å². The van der Waals surface area contributed by atoms with Crippen molar-refractivity contribution >= 4 is 12.6 Å². The summed E-state index contributed by atoms with van der Waals surface area (Å²) >= 11 is 4.55. The third-order valence-corrected chi connectivity index (χ3v) is 13.6. The van der Waals surface area contributed by atoms with E-state index in [-0.39, 0.29) is 22.2 Å². The smallest absolute Gasteiger partial charge is 0.0970 e. The molecule has 1 aromatic carbocycles. The Hall–Kier alpha value is -2.21. The van der Waals surface area contributed by atoms with Gasteiger partial charge in [0.25, 0.3) is 0 Å². The van der Waals surface area contributed by atoms with Crippen molar-refractivity contribution in [2.45, 2.75) is 165 Å². The number of allylic oxidation sites excluding steroid dienone is 4. The van der Waals surface area contributed by atoms with Gasteiger partial charge in [-0.2, -0.15) is 12.6 Å². The Balaban J connectivity index is 0. The Labute approximate surface area is 355 Å². The zero-order valence-corrected chi connectivity index (χ0v) is 40.4. The summed E-state index contributed by atoms with van der Waals surface area (Å²) in [5.74, 6) is 2.43. The predicted molar refractivity (Wildman–Crippen MR) is 258 cm³/mol. The molecule has 0 radical (unpaired) electrons. The Morgan fingerprint density at radius 3 is 1.88 bits per heavy atom. The van der Waals surface area contributed by atoms with Crippen LogP contribution in [0.4, 0.5) is 0 Å². The summed E-state index contributed by atoms with van der Waals surface area (Å²) in [6, 6.07) is 9.21. The summed E-state index contributed by atoms with van der Waals surface area (Å²) in [4.78, 5) is 2.37. The standard InChI is InChI=1S/C43H77N3OS.C5H10.C3H6/c1-16-18-21-33(3)39(6,7)31-38(37-25-23-36(32-48)24-26-37)40(8,9)41(10,11)43(14,42(12,13)44)35(5)47-30-20-28-46(29-27-45-15)34(4)22-19-17-2;1-3-5-4-2;1-3-2/h17,23-26,33,38,45,48H,2,4-5,16,18-22,27-32,44H2,1,3,6-15H3;3H,1,4-5H2,2H3;3H,1H2,2H3. The molecule has 3 unspecified atom stereocenters. The van der Waals surface area contributed by atoms with Crippen LogP contribution in [-0.4, -0.2) is 43.7 Å². The zero-order chi connectivity index (χ0) is 43.8. The molecule has 5 heteroatoms. The lowest BCUT2D eigenvalue weighted by molar-refractivity contribution is -0.0965. The van der Waals surface area contributed by atoms with Crippen molar-refractivity contribution in [3.05, 3.63) is 98.0 Å². The summed E-state index contributed by atoms with van der Waals surface area (Å²) in [5.41, 5.74) is 9.55. The van der Waals surface area contributed by atoms with Gasteiger partial charge < -0.3 is 20.7 Å². The molecule has 0 spiro atoms. The molecule has 0 saturated heterocycles. The quantitative estimate of drug-likeness (QED) is 0.0359. The fourth-order valence-electron chi connectivity index (χ4n) is 7.77. The topological polar surface area (TPSA) is 50.5 Å². The van der Waals surface area contributed by atoms with Gasteiger partial charge in [-0.25, -0.2) is 0 Å². The SMILES string of the molecule is C=CC.C=CCCC.C=CCCC(=C)N(CCCOC(=C)C(C)(C(C)(C)N)C(C)(C)C(C)(C)C(CC(C)(C)C(C)CCCC)c1ccc(CS)cc1)CCNC. The number of ether oxygens (including phenoxy) is 1. The van der Waals surface area contributed by atoms with E-state index in [0.29, 0.717) is 12.5 Å². The van der Waals surface area contributed by atoms with Gasteiger partial charge in [-0.1, -0.05) is 151 Å². The first-order valence-electron chi connectivity index (χ1n) is 21.7. The molecule has 0 saturated carbocycles. The maximum absolute atomic E-state index is 7.21. The molecular weight excluding hydrogens is 703 g/mol. The molecule has 0 bridgehead atoms. The molecule has 0 aromatic heterocycles. The lowest BCUT2D eigenvalue weighted by Crippen LogP contribution is -2.62. The van der Waals surface area contributed by atoms with Gasteiger partial charge in [0.1, 0.15) is 0 Å². The first-order valence-corrected chi connectivity index (χ1v) is 22.3. The Kier molecular flexibility index (Phi) is 27.4. The molecule has 1 aromatic rings. The van der Waals surface area contributed by atoms with Crippen molar-refractivity contribution in [3.63, 3.8) is 0 Å². The van der Waals surface area contributed by atoms with E-state index in [4.69, 9.17) is 10.5 Å². The highest BCUT2D eigenvalue weighted by Gasteiger charge is 2.61. The lowest BCUT2D eigenvalue weighted by atomic mass is 9.44. The van der Waals surface area contributed by atoms with Gasteiger partial charge in [0.05, 0.1) is 12.4 Å². The maximum Gasteiger partial charge on any atom is 0.0970 e. The molecule has 0 heterocycles. The fraction of sp³-hybridized carbons (Fsp3) is 0.686. The molecule has 0 fully saturated rings. The molecule has 0 amide bonds. The van der Waals surface area contributed by atoms with Crippen LogP contribution in [0, 0.1) is 27.6 Å². The van der Waals surface area contributed by atoms with Crippen LogP contribution in [0.2, 0.25) is 0 Å². The van der Waals surface area contributed by atoms with Crippen LogP contribution < -0.4 is 11.1 Å². The van der Waals surface area contributed by atoms with Crippen molar-refractivity contribution < 1.29 is 4.74 Å².